The molecule has 39 heavy (non-hydrogen) atoms. The maximum absolute atomic E-state index is 15.0. The number of nitriles is 1. The predicted octanol–water partition coefficient (Wildman–Crippen LogP) is 4.52. The van der Waals surface area contributed by atoms with Gasteiger partial charge in [0.1, 0.15) is 22.7 Å². The molecule has 3 aromatic carbocycles. The Morgan fingerprint density at radius 3 is 2.13 bits per heavy atom. The molecule has 1 aliphatic heterocycles. The highest BCUT2D eigenvalue weighted by Gasteiger charge is 2.47. The van der Waals surface area contributed by atoms with Crippen LogP contribution in [-0.2, 0) is 20.2 Å². The summed E-state index contributed by atoms with van der Waals surface area (Å²) in [6, 6.07) is 18.3. The molecule has 0 radical (unpaired) electrons. The minimum atomic E-state index is -3.38. The number of amides is 2. The van der Waals surface area contributed by atoms with Gasteiger partial charge in [0.05, 0.1) is 23.1 Å². The molecule has 0 unspecified atom stereocenters. The second-order valence-corrected chi connectivity index (χ2v) is 12.2. The molecule has 4 rings (SSSR count). The van der Waals surface area contributed by atoms with Crippen LogP contribution in [0.4, 0.5) is 8.78 Å². The van der Waals surface area contributed by atoms with Crippen LogP contribution >= 0.6 is 11.6 Å². The van der Waals surface area contributed by atoms with Crippen molar-refractivity contribution in [1.82, 2.24) is 10.6 Å². The molecule has 0 aliphatic carbocycles. The average molecular weight is 572 g/mol. The van der Waals surface area contributed by atoms with E-state index in [1.807, 2.05) is 12.1 Å². The van der Waals surface area contributed by atoms with Crippen LogP contribution in [0.15, 0.2) is 66.7 Å². The fourth-order valence-electron chi connectivity index (χ4n) is 4.50. The third-order valence-corrected chi connectivity index (χ3v) is 8.84. The zero-order valence-electron chi connectivity index (χ0n) is 20.8. The van der Waals surface area contributed by atoms with E-state index in [2.05, 4.69) is 10.6 Å². The first kappa shape index (κ1) is 28.2. The molecule has 1 atom stereocenters. The van der Waals surface area contributed by atoms with E-state index in [-0.39, 0.29) is 29.9 Å². The maximum atomic E-state index is 15.0. The van der Waals surface area contributed by atoms with Gasteiger partial charge >= 0.3 is 0 Å². The van der Waals surface area contributed by atoms with Gasteiger partial charge in [0, 0.05) is 16.1 Å². The van der Waals surface area contributed by atoms with Crippen molar-refractivity contribution in [3.05, 3.63) is 94.5 Å². The number of nitrogens with zero attached hydrogens (tertiary/aromatic N) is 1. The smallest absolute Gasteiger partial charge is 0.252 e. The first-order chi connectivity index (χ1) is 18.4. The first-order valence-electron chi connectivity index (χ1n) is 12.0. The van der Waals surface area contributed by atoms with Crippen LogP contribution in [0, 0.1) is 23.0 Å². The van der Waals surface area contributed by atoms with Crippen LogP contribution in [0.25, 0.3) is 11.1 Å². The molecule has 3 aromatic rings. The molecule has 1 saturated heterocycles. The molecule has 2 N–H and O–H groups in total. The summed E-state index contributed by atoms with van der Waals surface area (Å²) in [5, 5.41) is 15.2. The van der Waals surface area contributed by atoms with E-state index in [1.54, 1.807) is 30.3 Å². The third kappa shape index (κ3) is 5.79. The number of nitrogens with one attached hydrogen (secondary N) is 2. The van der Waals surface area contributed by atoms with Crippen molar-refractivity contribution in [3.63, 3.8) is 0 Å². The monoisotopic (exact) mass is 571 g/mol. The third-order valence-electron chi connectivity index (χ3n) is 6.86. The van der Waals surface area contributed by atoms with Gasteiger partial charge in [0.15, 0.2) is 9.84 Å². The predicted molar refractivity (Wildman–Crippen MR) is 142 cm³/mol. The normalized spacial score (nSPS) is 17.3. The molecular weight excluding hydrogens is 548 g/mol. The molecule has 7 nitrogen and oxygen atoms in total. The van der Waals surface area contributed by atoms with Gasteiger partial charge in [-0.2, -0.15) is 5.26 Å². The molecule has 0 spiro atoms. The number of sulfone groups is 1. The number of hydrogen-bond donors (Lipinski definition) is 2. The number of rotatable bonds is 6. The van der Waals surface area contributed by atoms with E-state index in [1.165, 1.54) is 12.1 Å². The Hall–Kier alpha value is -3.81. The van der Waals surface area contributed by atoms with Crippen LogP contribution < -0.4 is 10.6 Å². The van der Waals surface area contributed by atoms with E-state index in [9.17, 15) is 32.0 Å². The van der Waals surface area contributed by atoms with Crippen molar-refractivity contribution in [2.45, 2.75) is 30.8 Å². The summed E-state index contributed by atoms with van der Waals surface area (Å²) in [5.74, 6) is -4.71. The summed E-state index contributed by atoms with van der Waals surface area (Å²) >= 11 is 6.25. The number of carbonyl (C=O) groups excluding carboxylic acids is 2. The van der Waals surface area contributed by atoms with Gasteiger partial charge in [0.25, 0.3) is 11.8 Å². The fourth-order valence-corrected chi connectivity index (χ4v) is 6.27. The van der Waals surface area contributed by atoms with Crippen LogP contribution in [0.2, 0.25) is 5.02 Å². The Kier molecular flexibility index (Phi) is 7.77. The minimum absolute atomic E-state index is 0.0975. The summed E-state index contributed by atoms with van der Waals surface area (Å²) in [4.78, 5) is 26.9. The molecule has 11 heteroatoms. The Morgan fingerprint density at radius 1 is 0.974 bits per heavy atom. The highest BCUT2D eigenvalue weighted by atomic mass is 35.5. The number of halogens is 3. The van der Waals surface area contributed by atoms with Crippen molar-refractivity contribution in [1.29, 1.82) is 5.26 Å². The Labute approximate surface area is 229 Å². The molecule has 1 heterocycles. The van der Waals surface area contributed by atoms with Crippen LogP contribution in [-0.4, -0.2) is 37.3 Å². The summed E-state index contributed by atoms with van der Waals surface area (Å²) in [6.07, 6.45) is -0.407. The number of carbonyl (C=O) groups is 2. The van der Waals surface area contributed by atoms with E-state index >= 15 is 0 Å². The van der Waals surface area contributed by atoms with Gasteiger partial charge in [-0.15, -0.1) is 0 Å². The zero-order chi connectivity index (χ0) is 28.4. The van der Waals surface area contributed by atoms with Gasteiger partial charge < -0.3 is 10.6 Å². The van der Waals surface area contributed by atoms with Gasteiger partial charge in [0.2, 0.25) is 0 Å². The summed E-state index contributed by atoms with van der Waals surface area (Å²) in [7, 11) is -3.38. The molecule has 1 fully saturated rings. The van der Waals surface area contributed by atoms with Crippen molar-refractivity contribution >= 4 is 33.3 Å². The van der Waals surface area contributed by atoms with Crippen molar-refractivity contribution in [2.24, 2.45) is 0 Å². The molecule has 2 amide bonds. The van der Waals surface area contributed by atoms with Crippen molar-refractivity contribution in [2.75, 3.05) is 11.5 Å². The van der Waals surface area contributed by atoms with E-state index < -0.39 is 49.9 Å². The summed E-state index contributed by atoms with van der Waals surface area (Å²) in [5.41, 5.74) is -3.05. The fraction of sp³-hybridized carbons (Fsp3) is 0.250. The zero-order valence-corrected chi connectivity index (χ0v) is 22.4. The number of hydrogen-bond acceptors (Lipinski definition) is 5. The van der Waals surface area contributed by atoms with E-state index in [0.717, 1.165) is 36.2 Å². The largest absolute Gasteiger partial charge is 0.335 e. The Morgan fingerprint density at radius 2 is 1.56 bits per heavy atom. The molecular formula is C28H24ClF2N3O4S. The Balaban J connectivity index is 1.67. The number of benzene rings is 3. The lowest BCUT2D eigenvalue weighted by Gasteiger charge is -2.37. The average Bonchev–Trinajstić information content (AvgIpc) is 2.90. The molecule has 202 valence electrons. The topological polar surface area (TPSA) is 116 Å². The van der Waals surface area contributed by atoms with E-state index in [4.69, 9.17) is 11.6 Å². The molecule has 0 saturated carbocycles. The second kappa shape index (κ2) is 10.8. The van der Waals surface area contributed by atoms with Crippen LogP contribution in [0.3, 0.4) is 0 Å². The molecule has 0 aromatic heterocycles. The quantitative estimate of drug-likeness (QED) is 0.451. The summed E-state index contributed by atoms with van der Waals surface area (Å²) < 4.78 is 53.7. The first-order valence-corrected chi connectivity index (χ1v) is 14.2. The standard InChI is InChI=1S/C28H24ClF2N3O4S/c1-27(24-22(30)7-4-8-23(24)31,26(36)34-28(17-32)13-15-39(37,38)16-14-28)33-25(35)19-11-9-18(10-12-19)20-5-2-3-6-21(20)29/h2-12H,13-16H2,1H3,(H,33,35)(H,34,36)/t27-/m0/s1. The Bertz CT molecular complexity index is 1550. The lowest BCUT2D eigenvalue weighted by atomic mass is 9.86. The van der Waals surface area contributed by atoms with Crippen molar-refractivity contribution in [3.8, 4) is 17.2 Å². The SMILES string of the molecule is C[C@@](NC(=O)c1ccc(-c2ccccc2Cl)cc1)(C(=O)NC1(C#N)CCS(=O)(=O)CC1)c1c(F)cccc1F. The maximum Gasteiger partial charge on any atom is 0.252 e. The highest BCUT2D eigenvalue weighted by molar-refractivity contribution is 7.91. The van der Waals surface area contributed by atoms with Crippen LogP contribution in [0.1, 0.15) is 35.7 Å². The van der Waals surface area contributed by atoms with Gasteiger partial charge in [-0.25, -0.2) is 17.2 Å². The molecule has 1 aliphatic rings. The van der Waals surface area contributed by atoms with Crippen molar-refractivity contribution < 1.29 is 26.8 Å². The summed E-state index contributed by atoms with van der Waals surface area (Å²) in [6.45, 7) is 1.13. The van der Waals surface area contributed by atoms with Crippen LogP contribution in [0.5, 0.6) is 0 Å². The van der Waals surface area contributed by atoms with Gasteiger partial charge in [-0.1, -0.05) is 48.0 Å². The lowest BCUT2D eigenvalue weighted by Crippen LogP contribution is -2.61. The second-order valence-electron chi connectivity index (χ2n) is 9.53. The van der Waals surface area contributed by atoms with Gasteiger partial charge in [-0.3, -0.25) is 9.59 Å². The molecule has 0 bridgehead atoms. The van der Waals surface area contributed by atoms with E-state index in [0.29, 0.717) is 5.02 Å². The minimum Gasteiger partial charge on any atom is -0.335 e. The lowest BCUT2D eigenvalue weighted by molar-refractivity contribution is -0.128. The van der Waals surface area contributed by atoms with Gasteiger partial charge in [-0.05, 0) is 55.7 Å². The highest BCUT2D eigenvalue weighted by Crippen LogP contribution is 2.31.